The lowest BCUT2D eigenvalue weighted by Crippen LogP contribution is -2.56. The zero-order chi connectivity index (χ0) is 22.8. The molecule has 0 saturated carbocycles. The molecule has 3 aromatic rings. The molecule has 172 valence electrons. The summed E-state index contributed by atoms with van der Waals surface area (Å²) in [6, 6.07) is 3.87. The molecular weight excluding hydrogens is 498 g/mol. The molecular formula is C20H26BrN7O3S. The fraction of sp³-hybridized carbons (Fsp3) is 0.500. The molecule has 2 amide bonds. The van der Waals surface area contributed by atoms with E-state index in [1.54, 1.807) is 20.7 Å². The highest BCUT2D eigenvalue weighted by atomic mass is 79.9. The minimum atomic E-state index is -0.555. The predicted octanol–water partition coefficient (Wildman–Crippen LogP) is 3.82. The first-order chi connectivity index (χ1) is 15.4. The number of amides is 2. The van der Waals surface area contributed by atoms with Crippen LogP contribution in [-0.4, -0.2) is 76.0 Å². The maximum absolute atomic E-state index is 12.9. The van der Waals surface area contributed by atoms with Crippen LogP contribution in [0.4, 0.5) is 9.93 Å². The molecule has 3 heterocycles. The van der Waals surface area contributed by atoms with Gasteiger partial charge in [0.2, 0.25) is 6.29 Å². The number of rotatable bonds is 8. The van der Waals surface area contributed by atoms with Crippen LogP contribution in [0.15, 0.2) is 22.8 Å². The van der Waals surface area contributed by atoms with Crippen molar-refractivity contribution in [2.45, 2.75) is 27.1 Å². The fourth-order valence-electron chi connectivity index (χ4n) is 3.49. The van der Waals surface area contributed by atoms with Crippen LogP contribution >= 0.6 is 27.3 Å². The third-order valence-corrected chi connectivity index (χ3v) is 7.00. The van der Waals surface area contributed by atoms with Gasteiger partial charge in [-0.15, -0.1) is 5.10 Å². The van der Waals surface area contributed by atoms with Gasteiger partial charge in [-0.2, -0.15) is 0 Å². The van der Waals surface area contributed by atoms with Crippen molar-refractivity contribution < 1.29 is 14.3 Å². The van der Waals surface area contributed by atoms with E-state index in [2.05, 4.69) is 31.1 Å². The lowest BCUT2D eigenvalue weighted by Gasteiger charge is -2.38. The van der Waals surface area contributed by atoms with Gasteiger partial charge in [-0.3, -0.25) is 9.80 Å². The number of carbonyl (C=O) groups is 1. The van der Waals surface area contributed by atoms with Crippen molar-refractivity contribution in [3.05, 3.63) is 28.5 Å². The average Bonchev–Trinajstić information content (AvgIpc) is 3.42. The van der Waals surface area contributed by atoms with E-state index in [1.165, 1.54) is 11.3 Å². The van der Waals surface area contributed by atoms with Crippen LogP contribution in [0.1, 0.15) is 32.8 Å². The van der Waals surface area contributed by atoms with E-state index in [-0.39, 0.29) is 6.03 Å². The summed E-state index contributed by atoms with van der Waals surface area (Å²) < 4.78 is 14.7. The molecule has 10 nitrogen and oxygen atoms in total. The van der Waals surface area contributed by atoms with Gasteiger partial charge in [0.05, 0.1) is 35.4 Å². The number of benzene rings is 1. The fourth-order valence-corrected chi connectivity index (χ4v) is 5.11. The number of anilines is 1. The first kappa shape index (κ1) is 23.1. The summed E-state index contributed by atoms with van der Waals surface area (Å²) >= 11 is 5.14. The van der Waals surface area contributed by atoms with E-state index in [1.807, 2.05) is 40.0 Å². The Labute approximate surface area is 198 Å². The highest BCUT2D eigenvalue weighted by Gasteiger charge is 2.31. The lowest BCUT2D eigenvalue weighted by molar-refractivity contribution is -0.142. The van der Waals surface area contributed by atoms with Gasteiger partial charge < -0.3 is 14.4 Å². The molecule has 0 bridgehead atoms. The van der Waals surface area contributed by atoms with E-state index in [0.29, 0.717) is 43.9 Å². The molecule has 1 aliphatic heterocycles. The zero-order valence-electron chi connectivity index (χ0n) is 18.5. The second-order valence-corrected chi connectivity index (χ2v) is 9.14. The average molecular weight is 524 g/mol. The van der Waals surface area contributed by atoms with Crippen LogP contribution in [0, 0.1) is 0 Å². The smallest absolute Gasteiger partial charge is 0.328 e. The number of aromatic nitrogens is 4. The van der Waals surface area contributed by atoms with Gasteiger partial charge >= 0.3 is 6.03 Å². The first-order valence-electron chi connectivity index (χ1n) is 10.5. The van der Waals surface area contributed by atoms with E-state index in [4.69, 9.17) is 14.5 Å². The van der Waals surface area contributed by atoms with Gasteiger partial charge in [-0.05, 0) is 55.9 Å². The molecule has 0 aliphatic carbocycles. The molecule has 0 atom stereocenters. The topological polar surface area (TPSA) is 88.9 Å². The highest BCUT2D eigenvalue weighted by molar-refractivity contribution is 9.10. The number of thiazole rings is 1. The third-order valence-electron chi connectivity index (χ3n) is 4.98. The summed E-state index contributed by atoms with van der Waals surface area (Å²) in [7, 11) is 1.99. The van der Waals surface area contributed by atoms with Crippen LogP contribution in [-0.2, 0) is 9.47 Å². The van der Waals surface area contributed by atoms with Crippen LogP contribution < -0.4 is 4.90 Å². The molecule has 1 aromatic carbocycles. The van der Waals surface area contributed by atoms with Gasteiger partial charge in [0.15, 0.2) is 5.13 Å². The number of hydrogen-bond donors (Lipinski definition) is 0. The number of ether oxygens (including phenoxy) is 2. The molecule has 1 fully saturated rings. The van der Waals surface area contributed by atoms with Crippen LogP contribution in [0.2, 0.25) is 0 Å². The molecule has 4 rings (SSSR count). The molecule has 32 heavy (non-hydrogen) atoms. The van der Waals surface area contributed by atoms with Crippen molar-refractivity contribution >= 4 is 48.6 Å². The predicted molar refractivity (Wildman–Crippen MR) is 126 cm³/mol. The van der Waals surface area contributed by atoms with E-state index >= 15 is 0 Å². The maximum Gasteiger partial charge on any atom is 0.328 e. The quantitative estimate of drug-likeness (QED) is 0.414. The summed E-state index contributed by atoms with van der Waals surface area (Å²) in [5.74, 6) is 0. The van der Waals surface area contributed by atoms with Gasteiger partial charge in [0, 0.05) is 24.2 Å². The molecule has 0 N–H and O–H groups in total. The van der Waals surface area contributed by atoms with E-state index < -0.39 is 6.29 Å². The minimum absolute atomic E-state index is 0.0280. The second kappa shape index (κ2) is 9.79. The molecule has 1 aliphatic rings. The van der Waals surface area contributed by atoms with Crippen molar-refractivity contribution in [2.75, 3.05) is 45.0 Å². The molecule has 2 aromatic heterocycles. The Morgan fingerprint density at radius 2 is 1.94 bits per heavy atom. The monoisotopic (exact) mass is 523 g/mol. The SMILES string of the molecule is CCOC(OCC)c1cn(-c2cc(Br)c3sc(N4CN(C)CN(CC)C4=O)nc3c2)nn1. The summed E-state index contributed by atoms with van der Waals surface area (Å²) in [6.45, 7) is 8.58. The minimum Gasteiger partial charge on any atom is -0.347 e. The Kier molecular flexibility index (Phi) is 7.05. The Bertz CT molecular complexity index is 1100. The van der Waals surface area contributed by atoms with Gasteiger partial charge in [-0.1, -0.05) is 16.6 Å². The van der Waals surface area contributed by atoms with Gasteiger partial charge in [-0.25, -0.2) is 14.5 Å². The maximum atomic E-state index is 12.9. The number of hydrogen-bond acceptors (Lipinski definition) is 8. The van der Waals surface area contributed by atoms with Crippen molar-refractivity contribution in [1.29, 1.82) is 0 Å². The summed E-state index contributed by atoms with van der Waals surface area (Å²) in [6.07, 6.45) is 1.24. The summed E-state index contributed by atoms with van der Waals surface area (Å²) in [4.78, 5) is 23.2. The van der Waals surface area contributed by atoms with Crippen LogP contribution in [0.25, 0.3) is 15.9 Å². The number of nitrogens with zero attached hydrogens (tertiary/aromatic N) is 7. The number of urea groups is 1. The molecule has 12 heteroatoms. The van der Waals surface area contributed by atoms with E-state index in [9.17, 15) is 4.79 Å². The number of fused-ring (bicyclic) bond motifs is 1. The number of carbonyl (C=O) groups excluding carboxylic acids is 1. The standard InChI is InChI=1S/C20H26BrN7O3S/c1-5-26-11-25(4)12-27(20(26)29)19-22-15-9-13(8-14(21)17(15)32-19)28-10-16(23-24-28)18(30-6-2)31-7-3/h8-10,18H,5-7,11-12H2,1-4H3. The third kappa shape index (κ3) is 4.50. The molecule has 0 radical (unpaired) electrons. The van der Waals surface area contributed by atoms with Crippen molar-refractivity contribution in [3.63, 3.8) is 0 Å². The highest BCUT2D eigenvalue weighted by Crippen LogP contribution is 2.37. The first-order valence-corrected chi connectivity index (χ1v) is 12.1. The summed E-state index contributed by atoms with van der Waals surface area (Å²) in [5.41, 5.74) is 2.18. The Morgan fingerprint density at radius 3 is 2.62 bits per heavy atom. The van der Waals surface area contributed by atoms with Crippen molar-refractivity contribution in [1.82, 2.24) is 29.8 Å². The largest absolute Gasteiger partial charge is 0.347 e. The number of halogens is 1. The van der Waals surface area contributed by atoms with Gasteiger partial charge in [0.25, 0.3) is 0 Å². The van der Waals surface area contributed by atoms with Crippen LogP contribution in [0.3, 0.4) is 0 Å². The Balaban J connectivity index is 1.66. The lowest BCUT2D eigenvalue weighted by atomic mass is 10.3. The van der Waals surface area contributed by atoms with E-state index in [0.717, 1.165) is 20.4 Å². The second-order valence-electron chi connectivity index (χ2n) is 7.31. The zero-order valence-corrected chi connectivity index (χ0v) is 20.9. The van der Waals surface area contributed by atoms with Crippen LogP contribution in [0.5, 0.6) is 0 Å². The Morgan fingerprint density at radius 1 is 1.19 bits per heavy atom. The van der Waals surface area contributed by atoms with Crippen molar-refractivity contribution in [3.8, 4) is 5.69 Å². The Hall–Kier alpha value is -2.12. The van der Waals surface area contributed by atoms with Crippen molar-refractivity contribution in [2.24, 2.45) is 0 Å². The summed E-state index contributed by atoms with van der Waals surface area (Å²) in [5, 5.41) is 9.13. The molecule has 0 spiro atoms. The molecule has 0 unspecified atom stereocenters. The normalized spacial score (nSPS) is 15.5. The molecule has 1 saturated heterocycles. The van der Waals surface area contributed by atoms with Gasteiger partial charge in [0.1, 0.15) is 5.69 Å².